The molecule has 1 aliphatic rings. The molecular formula is C23H34N6O4. The maximum Gasteiger partial charge on any atom is 0.321 e. The molecule has 0 unspecified atom stereocenters. The first-order valence-corrected chi connectivity index (χ1v) is 11.4. The minimum absolute atomic E-state index is 0.0143. The van der Waals surface area contributed by atoms with E-state index >= 15 is 0 Å². The summed E-state index contributed by atoms with van der Waals surface area (Å²) in [6.07, 6.45) is 2.31. The van der Waals surface area contributed by atoms with Crippen molar-refractivity contribution >= 4 is 17.6 Å². The van der Waals surface area contributed by atoms with E-state index < -0.39 is 0 Å². The Morgan fingerprint density at radius 2 is 2.12 bits per heavy atom. The topological polar surface area (TPSA) is 113 Å². The average molecular weight is 459 g/mol. The highest BCUT2D eigenvalue weighted by atomic mass is 16.5. The fourth-order valence-electron chi connectivity index (χ4n) is 3.84. The maximum atomic E-state index is 12.9. The number of ether oxygens (including phenoxy) is 1. The number of para-hydroxylation sites is 1. The Hall–Kier alpha value is -2.98. The minimum atomic E-state index is -0.347. The van der Waals surface area contributed by atoms with Crippen molar-refractivity contribution in [3.63, 3.8) is 0 Å². The van der Waals surface area contributed by atoms with Crippen LogP contribution >= 0.6 is 0 Å². The zero-order chi connectivity index (χ0) is 23.8. The number of hydrogen-bond donors (Lipinski definition) is 2. The molecule has 3 atom stereocenters. The van der Waals surface area contributed by atoms with Gasteiger partial charge in [0.05, 0.1) is 37.3 Å². The summed E-state index contributed by atoms with van der Waals surface area (Å²) in [5, 5.41) is 20.7. The highest BCUT2D eigenvalue weighted by Gasteiger charge is 2.29. The van der Waals surface area contributed by atoms with Crippen molar-refractivity contribution in [3.8, 4) is 0 Å². The molecule has 0 saturated carbocycles. The van der Waals surface area contributed by atoms with Gasteiger partial charge in [0.1, 0.15) is 0 Å². The van der Waals surface area contributed by atoms with Crippen molar-refractivity contribution < 1.29 is 19.4 Å². The zero-order valence-electron chi connectivity index (χ0n) is 19.6. The molecule has 3 amide bonds. The molecule has 0 fully saturated rings. The smallest absolute Gasteiger partial charge is 0.321 e. The number of urea groups is 1. The molecule has 0 radical (unpaired) electrons. The van der Waals surface area contributed by atoms with Gasteiger partial charge in [-0.15, -0.1) is 5.10 Å². The number of anilines is 1. The van der Waals surface area contributed by atoms with Crippen LogP contribution in [0.2, 0.25) is 0 Å². The summed E-state index contributed by atoms with van der Waals surface area (Å²) in [5.41, 5.74) is 1.54. The van der Waals surface area contributed by atoms with Gasteiger partial charge < -0.3 is 25.0 Å². The monoisotopic (exact) mass is 458 g/mol. The molecule has 180 valence electrons. The van der Waals surface area contributed by atoms with Gasteiger partial charge in [0.25, 0.3) is 0 Å². The molecule has 2 aromatic rings. The van der Waals surface area contributed by atoms with E-state index in [4.69, 9.17) is 4.74 Å². The number of benzene rings is 1. The second kappa shape index (κ2) is 11.8. The molecular weight excluding hydrogens is 424 g/mol. The van der Waals surface area contributed by atoms with Crippen molar-refractivity contribution in [3.05, 3.63) is 42.2 Å². The number of amides is 3. The first kappa shape index (κ1) is 24.7. The molecule has 0 aliphatic carbocycles. The van der Waals surface area contributed by atoms with Gasteiger partial charge in [0.15, 0.2) is 0 Å². The Morgan fingerprint density at radius 1 is 1.36 bits per heavy atom. The van der Waals surface area contributed by atoms with Crippen molar-refractivity contribution in [2.75, 3.05) is 32.1 Å². The Morgan fingerprint density at radius 3 is 2.85 bits per heavy atom. The van der Waals surface area contributed by atoms with Gasteiger partial charge in [0.2, 0.25) is 5.91 Å². The number of aliphatic hydroxyl groups excluding tert-OH is 1. The lowest BCUT2D eigenvalue weighted by Crippen LogP contribution is -2.48. The molecule has 10 nitrogen and oxygen atoms in total. The van der Waals surface area contributed by atoms with E-state index in [0.717, 1.165) is 5.69 Å². The lowest BCUT2D eigenvalue weighted by molar-refractivity contribution is -0.136. The summed E-state index contributed by atoms with van der Waals surface area (Å²) >= 11 is 0. The largest absolute Gasteiger partial charge is 0.394 e. The normalized spacial score (nSPS) is 20.8. The van der Waals surface area contributed by atoms with Crippen LogP contribution in [0.1, 0.15) is 32.4 Å². The number of nitrogens with zero attached hydrogens (tertiary/aromatic N) is 5. The van der Waals surface area contributed by atoms with Crippen LogP contribution in [0.4, 0.5) is 10.5 Å². The molecule has 1 aromatic carbocycles. The third-order valence-electron chi connectivity index (χ3n) is 5.97. The molecule has 0 saturated heterocycles. The lowest BCUT2D eigenvalue weighted by atomic mass is 10.0. The molecule has 0 spiro atoms. The molecule has 1 aromatic heterocycles. The Labute approximate surface area is 194 Å². The number of carbonyl (C=O) groups is 2. The van der Waals surface area contributed by atoms with Gasteiger partial charge in [-0.1, -0.05) is 30.3 Å². The highest BCUT2D eigenvalue weighted by Crippen LogP contribution is 2.18. The first-order valence-electron chi connectivity index (χ1n) is 11.4. The van der Waals surface area contributed by atoms with E-state index in [1.54, 1.807) is 27.7 Å². The predicted octanol–water partition coefficient (Wildman–Crippen LogP) is 1.97. The van der Waals surface area contributed by atoms with Gasteiger partial charge in [-0.25, -0.2) is 9.48 Å². The molecule has 10 heteroatoms. The number of aliphatic hydroxyl groups is 1. The molecule has 2 N–H and O–H groups in total. The number of hydrogen-bond acceptors (Lipinski definition) is 6. The molecule has 33 heavy (non-hydrogen) atoms. The SMILES string of the molecule is C[C@@H]1CN([C@@H](C)CO)C(=O)CCCn2nncc2CO[C@H]1CN(C)C(=O)Nc1ccccc1. The Balaban J connectivity index is 1.76. The summed E-state index contributed by atoms with van der Waals surface area (Å²) < 4.78 is 8.01. The van der Waals surface area contributed by atoms with E-state index in [1.165, 1.54) is 0 Å². The summed E-state index contributed by atoms with van der Waals surface area (Å²) in [6, 6.07) is 8.72. The van der Waals surface area contributed by atoms with Gasteiger partial charge in [0, 0.05) is 44.7 Å². The summed E-state index contributed by atoms with van der Waals surface area (Å²) in [6.45, 7) is 5.34. The van der Waals surface area contributed by atoms with Crippen molar-refractivity contribution in [2.45, 2.75) is 52.0 Å². The molecule has 3 rings (SSSR count). The summed E-state index contributed by atoms with van der Waals surface area (Å²) in [7, 11) is 1.72. The van der Waals surface area contributed by atoms with Gasteiger partial charge in [-0.2, -0.15) is 0 Å². The molecule has 2 heterocycles. The number of likely N-dealkylation sites (N-methyl/N-ethyl adjacent to an activating group) is 1. The van der Waals surface area contributed by atoms with Crippen LogP contribution in [0.3, 0.4) is 0 Å². The number of aromatic nitrogens is 3. The molecule has 0 bridgehead atoms. The standard InChI is InChI=1S/C23H34N6O4/c1-17-13-28(18(2)15-30)22(31)10-7-11-29-20(12-24-26-29)16-33-21(17)14-27(3)23(32)25-19-8-5-4-6-9-19/h4-6,8-9,12,17-18,21,30H,7,10-11,13-16H2,1-3H3,(H,25,32)/t17-,18+,21+/m1/s1. The fourth-order valence-corrected chi connectivity index (χ4v) is 3.84. The Bertz CT molecular complexity index is 905. The van der Waals surface area contributed by atoms with E-state index in [0.29, 0.717) is 44.8 Å². The van der Waals surface area contributed by atoms with Crippen molar-refractivity contribution in [1.82, 2.24) is 24.8 Å². The number of aryl methyl sites for hydroxylation is 1. The minimum Gasteiger partial charge on any atom is -0.394 e. The van der Waals surface area contributed by atoms with Gasteiger partial charge in [-0.05, 0) is 25.5 Å². The third-order valence-corrected chi connectivity index (χ3v) is 5.97. The average Bonchev–Trinajstić information content (AvgIpc) is 3.26. The summed E-state index contributed by atoms with van der Waals surface area (Å²) in [4.78, 5) is 29.0. The van der Waals surface area contributed by atoms with Gasteiger partial charge in [-0.3, -0.25) is 4.79 Å². The van der Waals surface area contributed by atoms with Crippen LogP contribution in [-0.2, 0) is 22.7 Å². The predicted molar refractivity (Wildman–Crippen MR) is 123 cm³/mol. The fraction of sp³-hybridized carbons (Fsp3) is 0.565. The number of nitrogens with one attached hydrogen (secondary N) is 1. The third kappa shape index (κ3) is 6.75. The van der Waals surface area contributed by atoms with Crippen LogP contribution in [0.5, 0.6) is 0 Å². The van der Waals surface area contributed by atoms with Crippen molar-refractivity contribution in [1.29, 1.82) is 0 Å². The van der Waals surface area contributed by atoms with Crippen molar-refractivity contribution in [2.24, 2.45) is 5.92 Å². The van der Waals surface area contributed by atoms with Crippen LogP contribution in [-0.4, -0.2) is 80.7 Å². The first-order chi connectivity index (χ1) is 15.9. The van der Waals surface area contributed by atoms with E-state index in [-0.39, 0.29) is 36.6 Å². The number of carbonyl (C=O) groups excluding carboxylic acids is 2. The van der Waals surface area contributed by atoms with Crippen LogP contribution in [0.15, 0.2) is 36.5 Å². The lowest BCUT2D eigenvalue weighted by Gasteiger charge is -2.35. The molecule has 1 aliphatic heterocycles. The van der Waals surface area contributed by atoms with Crippen LogP contribution in [0.25, 0.3) is 0 Å². The van der Waals surface area contributed by atoms with Crippen LogP contribution < -0.4 is 5.32 Å². The van der Waals surface area contributed by atoms with Crippen LogP contribution in [0, 0.1) is 5.92 Å². The quantitative estimate of drug-likeness (QED) is 0.708. The van der Waals surface area contributed by atoms with Gasteiger partial charge >= 0.3 is 6.03 Å². The van der Waals surface area contributed by atoms with E-state index in [9.17, 15) is 14.7 Å². The second-order valence-electron chi connectivity index (χ2n) is 8.63. The maximum absolute atomic E-state index is 12.9. The summed E-state index contributed by atoms with van der Waals surface area (Å²) in [5.74, 6) is -0.0988. The Kier molecular flexibility index (Phi) is 8.79. The number of rotatable bonds is 5. The second-order valence-corrected chi connectivity index (χ2v) is 8.63. The number of fused-ring (bicyclic) bond motifs is 1. The van der Waals surface area contributed by atoms with E-state index in [1.807, 2.05) is 44.2 Å². The van der Waals surface area contributed by atoms with E-state index in [2.05, 4.69) is 15.6 Å². The zero-order valence-corrected chi connectivity index (χ0v) is 19.6. The highest BCUT2D eigenvalue weighted by molar-refractivity contribution is 5.89.